The van der Waals surface area contributed by atoms with Crippen molar-refractivity contribution >= 4 is 44.8 Å². The van der Waals surface area contributed by atoms with Gasteiger partial charge in [0, 0.05) is 12.1 Å². The van der Waals surface area contributed by atoms with Crippen LogP contribution in [0, 0.1) is 0 Å². The maximum absolute atomic E-state index is 12.8. The van der Waals surface area contributed by atoms with Gasteiger partial charge in [-0.05, 0) is 48.5 Å². The van der Waals surface area contributed by atoms with Gasteiger partial charge in [0.15, 0.2) is 5.75 Å². The Hall–Kier alpha value is -2.78. The molecule has 3 aromatic rings. The molecule has 0 aliphatic rings. The number of ether oxygens (including phenoxy) is 2. The lowest BCUT2D eigenvalue weighted by molar-refractivity contribution is -0.116. The minimum Gasteiger partial charge on any atom is -0.495 e. The molecule has 0 saturated carbocycles. The summed E-state index contributed by atoms with van der Waals surface area (Å²) in [5.74, 6) is 0.705. The van der Waals surface area contributed by atoms with E-state index in [4.69, 9.17) is 32.7 Å². The molecule has 7 nitrogen and oxygen atoms in total. The van der Waals surface area contributed by atoms with E-state index < -0.39 is 22.5 Å². The Labute approximate surface area is 196 Å². The number of benzene rings is 3. The predicted octanol–water partition coefficient (Wildman–Crippen LogP) is 5.05. The lowest BCUT2D eigenvalue weighted by Gasteiger charge is -2.18. The second-order valence-corrected chi connectivity index (χ2v) is 9.55. The van der Waals surface area contributed by atoms with Crippen molar-refractivity contribution in [2.75, 3.05) is 26.0 Å². The van der Waals surface area contributed by atoms with Gasteiger partial charge in [0.25, 0.3) is 0 Å². The Morgan fingerprint density at radius 1 is 1.00 bits per heavy atom. The van der Waals surface area contributed by atoms with Crippen LogP contribution in [0.1, 0.15) is 0 Å². The first-order valence-electron chi connectivity index (χ1n) is 9.33. The summed E-state index contributed by atoms with van der Waals surface area (Å²) in [5, 5.41) is 3.19. The third-order valence-electron chi connectivity index (χ3n) is 4.38. The highest BCUT2D eigenvalue weighted by atomic mass is 35.5. The monoisotopic (exact) mass is 494 g/mol. The number of likely N-dealkylation sites (N-methyl/N-ethyl adjacent to an activating group) is 1. The maximum Gasteiger partial charge on any atom is 0.243 e. The average molecular weight is 495 g/mol. The number of halogens is 2. The fraction of sp³-hybridized carbons (Fsp3) is 0.136. The first-order chi connectivity index (χ1) is 15.2. The van der Waals surface area contributed by atoms with Crippen LogP contribution in [0.25, 0.3) is 0 Å². The Bertz CT molecular complexity index is 1220. The van der Waals surface area contributed by atoms with Crippen molar-refractivity contribution in [3.8, 4) is 17.2 Å². The predicted molar refractivity (Wildman–Crippen MR) is 124 cm³/mol. The molecule has 0 bridgehead atoms. The van der Waals surface area contributed by atoms with Gasteiger partial charge in [-0.15, -0.1) is 0 Å². The van der Waals surface area contributed by atoms with E-state index in [2.05, 4.69) is 5.32 Å². The SMILES string of the molecule is COc1ccc(S(=O)(=O)N(C)CC(=O)Nc2cc(Cl)ccc2Oc2ccccc2)cc1Cl. The minimum absolute atomic E-state index is 0.0607. The van der Waals surface area contributed by atoms with Crippen molar-refractivity contribution in [2.24, 2.45) is 0 Å². The van der Waals surface area contributed by atoms with Crippen LogP contribution in [0.5, 0.6) is 17.2 Å². The minimum atomic E-state index is -3.97. The molecule has 0 aliphatic carbocycles. The fourth-order valence-electron chi connectivity index (χ4n) is 2.77. The molecule has 1 N–H and O–H groups in total. The number of sulfonamides is 1. The van der Waals surface area contributed by atoms with Crippen LogP contribution in [0.2, 0.25) is 10.0 Å². The molecule has 0 unspecified atom stereocenters. The molecule has 10 heteroatoms. The summed E-state index contributed by atoms with van der Waals surface area (Å²) in [4.78, 5) is 12.6. The zero-order valence-electron chi connectivity index (χ0n) is 17.2. The highest BCUT2D eigenvalue weighted by molar-refractivity contribution is 7.89. The molecule has 0 aliphatic heterocycles. The quantitative estimate of drug-likeness (QED) is 0.473. The fourth-order valence-corrected chi connectivity index (χ4v) is 4.42. The molecule has 1 amide bonds. The van der Waals surface area contributed by atoms with Crippen LogP contribution in [0.4, 0.5) is 5.69 Å². The van der Waals surface area contributed by atoms with Crippen molar-refractivity contribution in [1.29, 1.82) is 0 Å². The molecule has 0 radical (unpaired) electrons. The van der Waals surface area contributed by atoms with Gasteiger partial charge in [-0.1, -0.05) is 41.4 Å². The van der Waals surface area contributed by atoms with Crippen LogP contribution in [0.15, 0.2) is 71.6 Å². The molecule has 0 aromatic heterocycles. The van der Waals surface area contributed by atoms with Gasteiger partial charge < -0.3 is 14.8 Å². The molecule has 3 aromatic carbocycles. The highest BCUT2D eigenvalue weighted by Crippen LogP contribution is 2.32. The van der Waals surface area contributed by atoms with E-state index in [9.17, 15) is 13.2 Å². The van der Waals surface area contributed by atoms with E-state index in [1.54, 1.807) is 24.3 Å². The number of carbonyl (C=O) groups excluding carboxylic acids is 1. The van der Waals surface area contributed by atoms with Crippen LogP contribution < -0.4 is 14.8 Å². The average Bonchev–Trinajstić information content (AvgIpc) is 2.76. The van der Waals surface area contributed by atoms with E-state index in [1.807, 2.05) is 18.2 Å². The number of nitrogens with zero attached hydrogens (tertiary/aromatic N) is 1. The Balaban J connectivity index is 1.75. The lowest BCUT2D eigenvalue weighted by Crippen LogP contribution is -2.35. The molecular formula is C22H20Cl2N2O5S. The summed E-state index contributed by atoms with van der Waals surface area (Å²) in [5.41, 5.74) is 0.310. The standard InChI is InChI=1S/C22H20Cl2N2O5S/c1-26(32(28,29)17-9-11-20(30-2)18(24)13-17)14-22(27)25-19-12-15(23)8-10-21(19)31-16-6-4-3-5-7-16/h3-13H,14H2,1-2H3,(H,25,27). The largest absolute Gasteiger partial charge is 0.495 e. The van der Waals surface area contributed by atoms with Gasteiger partial charge in [0.05, 0.1) is 29.3 Å². The molecule has 0 fully saturated rings. The molecule has 0 spiro atoms. The van der Waals surface area contributed by atoms with Crippen molar-refractivity contribution in [2.45, 2.75) is 4.90 Å². The van der Waals surface area contributed by atoms with E-state index in [0.717, 1.165) is 4.31 Å². The van der Waals surface area contributed by atoms with Gasteiger partial charge in [0.2, 0.25) is 15.9 Å². The second kappa shape index (κ2) is 10.2. The molecule has 0 heterocycles. The van der Waals surface area contributed by atoms with Gasteiger partial charge in [0.1, 0.15) is 11.5 Å². The molecular weight excluding hydrogens is 475 g/mol. The molecule has 168 valence electrons. The maximum atomic E-state index is 12.8. The Kier molecular flexibility index (Phi) is 7.63. The number of hydrogen-bond acceptors (Lipinski definition) is 5. The first kappa shape index (κ1) is 23.9. The molecule has 32 heavy (non-hydrogen) atoms. The number of anilines is 1. The van der Waals surface area contributed by atoms with Crippen molar-refractivity contribution in [3.05, 3.63) is 76.8 Å². The third-order valence-corrected chi connectivity index (χ3v) is 6.71. The van der Waals surface area contributed by atoms with Crippen LogP contribution in [-0.2, 0) is 14.8 Å². The lowest BCUT2D eigenvalue weighted by atomic mass is 10.2. The molecule has 3 rings (SSSR count). The summed E-state index contributed by atoms with van der Waals surface area (Å²) in [6.45, 7) is -0.441. The number of para-hydroxylation sites is 1. The number of hydrogen-bond donors (Lipinski definition) is 1. The molecule has 0 atom stereocenters. The van der Waals surface area contributed by atoms with Crippen LogP contribution in [-0.4, -0.2) is 39.3 Å². The normalized spacial score (nSPS) is 11.3. The number of carbonyl (C=O) groups is 1. The highest BCUT2D eigenvalue weighted by Gasteiger charge is 2.24. The van der Waals surface area contributed by atoms with Crippen molar-refractivity contribution in [3.63, 3.8) is 0 Å². The van der Waals surface area contributed by atoms with E-state index in [0.29, 0.717) is 28.0 Å². The Morgan fingerprint density at radius 3 is 2.34 bits per heavy atom. The zero-order valence-corrected chi connectivity index (χ0v) is 19.5. The van der Waals surface area contributed by atoms with Gasteiger partial charge >= 0.3 is 0 Å². The smallest absolute Gasteiger partial charge is 0.243 e. The van der Waals surface area contributed by atoms with Gasteiger partial charge in [-0.25, -0.2) is 8.42 Å². The number of amides is 1. The van der Waals surface area contributed by atoms with Crippen molar-refractivity contribution in [1.82, 2.24) is 4.31 Å². The van der Waals surface area contributed by atoms with Gasteiger partial charge in [-0.2, -0.15) is 4.31 Å². The third kappa shape index (κ3) is 5.72. The van der Waals surface area contributed by atoms with Gasteiger partial charge in [-0.3, -0.25) is 4.79 Å². The number of methoxy groups -OCH3 is 1. The summed E-state index contributed by atoms with van der Waals surface area (Å²) in [7, 11) is -1.24. The summed E-state index contributed by atoms with van der Waals surface area (Å²) < 4.78 is 37.4. The summed E-state index contributed by atoms with van der Waals surface area (Å²) in [6.07, 6.45) is 0. The topological polar surface area (TPSA) is 84.9 Å². The molecule has 0 saturated heterocycles. The first-order valence-corrected chi connectivity index (χ1v) is 11.5. The van der Waals surface area contributed by atoms with Crippen molar-refractivity contribution < 1.29 is 22.7 Å². The second-order valence-electron chi connectivity index (χ2n) is 6.66. The summed E-state index contributed by atoms with van der Waals surface area (Å²) >= 11 is 12.1. The van der Waals surface area contributed by atoms with Crippen LogP contribution >= 0.6 is 23.2 Å². The summed E-state index contributed by atoms with van der Waals surface area (Å²) in [6, 6.07) is 17.8. The zero-order chi connectivity index (χ0) is 23.3. The van der Waals surface area contributed by atoms with E-state index in [1.165, 1.54) is 38.4 Å². The van der Waals surface area contributed by atoms with E-state index >= 15 is 0 Å². The van der Waals surface area contributed by atoms with E-state index in [-0.39, 0.29) is 9.92 Å². The Morgan fingerprint density at radius 2 is 1.69 bits per heavy atom. The number of nitrogens with one attached hydrogen (secondary N) is 1. The van der Waals surface area contributed by atoms with Crippen LogP contribution in [0.3, 0.4) is 0 Å². The number of rotatable bonds is 8.